The van der Waals surface area contributed by atoms with Crippen LogP contribution >= 0.6 is 0 Å². The van der Waals surface area contributed by atoms with E-state index < -0.39 is 17.4 Å². The van der Waals surface area contributed by atoms with Crippen molar-refractivity contribution in [3.63, 3.8) is 0 Å². The lowest BCUT2D eigenvalue weighted by atomic mass is 10.1. The Labute approximate surface area is 229 Å². The van der Waals surface area contributed by atoms with Crippen LogP contribution in [0.3, 0.4) is 0 Å². The number of carbonyl (C=O) groups is 1. The molecule has 2 aromatic heterocycles. The van der Waals surface area contributed by atoms with E-state index >= 15 is 4.39 Å². The number of hydrogen-bond donors (Lipinski definition) is 2. The maximum atomic E-state index is 15.2. The number of amides is 1. The number of fused-ring (bicyclic) bond motifs is 2. The second kappa shape index (κ2) is 10.1. The minimum atomic E-state index is -0.987. The Balaban J connectivity index is 1.26. The van der Waals surface area contributed by atoms with Gasteiger partial charge in [0.25, 0.3) is 0 Å². The van der Waals surface area contributed by atoms with Crippen molar-refractivity contribution in [2.75, 3.05) is 13.7 Å². The number of halogens is 1. The van der Waals surface area contributed by atoms with Gasteiger partial charge in [0.2, 0.25) is 0 Å². The molecule has 1 amide bonds. The van der Waals surface area contributed by atoms with Crippen LogP contribution in [-0.4, -0.2) is 45.3 Å². The third-order valence-corrected chi connectivity index (χ3v) is 7.35. The summed E-state index contributed by atoms with van der Waals surface area (Å²) in [6, 6.07) is 19.8. The zero-order chi connectivity index (χ0) is 27.9. The summed E-state index contributed by atoms with van der Waals surface area (Å²) in [4.78, 5) is 21.2. The summed E-state index contributed by atoms with van der Waals surface area (Å²) < 4.78 is 33.0. The zero-order valence-electron chi connectivity index (χ0n) is 22.1. The molecule has 0 aliphatic heterocycles. The Hall–Kier alpha value is -4.79. The highest BCUT2D eigenvalue weighted by molar-refractivity contribution is 5.89. The maximum absolute atomic E-state index is 15.2. The van der Waals surface area contributed by atoms with Gasteiger partial charge in [-0.1, -0.05) is 30.3 Å². The predicted octanol–water partition coefficient (Wildman–Crippen LogP) is 7.06. The molecule has 0 unspecified atom stereocenters. The topological polar surface area (TPSA) is 96.9 Å². The van der Waals surface area contributed by atoms with E-state index in [0.29, 0.717) is 51.9 Å². The van der Waals surface area contributed by atoms with Gasteiger partial charge in [-0.25, -0.2) is 9.18 Å². The molecule has 1 saturated carbocycles. The number of aryl methyl sites for hydroxylation is 1. The molecular weight excluding hydrogens is 513 g/mol. The molecule has 2 N–H and O–H groups in total. The molecule has 0 saturated heterocycles. The standard InChI is InChI=1S/C31H28FN3O5/c1-19-14-22-23(34-19)8-9-26(29(22)32)40-25-10-13-33-24-16-28(27(38-2)15-21(24)25)39-18-31(11-12-31)35(30(36)37)17-20-6-4-3-5-7-20/h3-10,13-16,34H,11-12,17-18H2,1-2H3,(H,36,37). The van der Waals surface area contributed by atoms with Gasteiger partial charge in [0.05, 0.1) is 18.2 Å². The first kappa shape index (κ1) is 25.5. The van der Waals surface area contributed by atoms with Crippen LogP contribution in [0, 0.1) is 12.7 Å². The first-order valence-electron chi connectivity index (χ1n) is 13.0. The molecule has 0 radical (unpaired) electrons. The number of benzene rings is 3. The zero-order valence-corrected chi connectivity index (χ0v) is 22.1. The van der Waals surface area contributed by atoms with Gasteiger partial charge in [-0.3, -0.25) is 9.88 Å². The van der Waals surface area contributed by atoms with E-state index in [-0.39, 0.29) is 18.9 Å². The molecule has 6 rings (SSSR count). The number of ether oxygens (including phenoxy) is 3. The monoisotopic (exact) mass is 541 g/mol. The third-order valence-electron chi connectivity index (χ3n) is 7.35. The van der Waals surface area contributed by atoms with Gasteiger partial charge in [0.15, 0.2) is 23.1 Å². The first-order valence-corrected chi connectivity index (χ1v) is 13.0. The van der Waals surface area contributed by atoms with Crippen molar-refractivity contribution in [3.05, 3.63) is 90.0 Å². The van der Waals surface area contributed by atoms with Gasteiger partial charge in [-0.05, 0) is 55.7 Å². The van der Waals surface area contributed by atoms with E-state index in [1.54, 1.807) is 42.6 Å². The molecular formula is C31H28FN3O5. The lowest BCUT2D eigenvalue weighted by molar-refractivity contribution is 0.0878. The average molecular weight is 542 g/mol. The lowest BCUT2D eigenvalue weighted by Gasteiger charge is -2.30. The molecule has 0 bridgehead atoms. The number of aromatic amines is 1. The van der Waals surface area contributed by atoms with E-state index in [1.165, 1.54) is 12.0 Å². The lowest BCUT2D eigenvalue weighted by Crippen LogP contribution is -2.44. The number of carboxylic acid groups (broad SMARTS) is 1. The predicted molar refractivity (Wildman–Crippen MR) is 149 cm³/mol. The summed E-state index contributed by atoms with van der Waals surface area (Å²) in [6.07, 6.45) is 2.00. The molecule has 5 aromatic rings. The normalized spacial score (nSPS) is 13.8. The first-order chi connectivity index (χ1) is 19.4. The smallest absolute Gasteiger partial charge is 0.408 e. The molecule has 0 spiro atoms. The fraction of sp³-hybridized carbons (Fsp3) is 0.226. The molecule has 1 aliphatic rings. The van der Waals surface area contributed by atoms with Crippen LogP contribution in [-0.2, 0) is 6.54 Å². The Morgan fingerprint density at radius 2 is 1.82 bits per heavy atom. The number of aromatic nitrogens is 2. The number of nitrogens with one attached hydrogen (secondary N) is 1. The number of methoxy groups -OCH3 is 1. The van der Waals surface area contributed by atoms with Gasteiger partial charge < -0.3 is 24.3 Å². The van der Waals surface area contributed by atoms with Crippen LogP contribution < -0.4 is 14.2 Å². The largest absolute Gasteiger partial charge is 0.493 e. The van der Waals surface area contributed by atoms with Crippen LogP contribution in [0.5, 0.6) is 23.0 Å². The van der Waals surface area contributed by atoms with Crippen molar-refractivity contribution in [2.24, 2.45) is 0 Å². The summed E-state index contributed by atoms with van der Waals surface area (Å²) in [7, 11) is 1.53. The van der Waals surface area contributed by atoms with Crippen molar-refractivity contribution >= 4 is 27.9 Å². The van der Waals surface area contributed by atoms with Crippen LogP contribution in [0.4, 0.5) is 9.18 Å². The summed E-state index contributed by atoms with van der Waals surface area (Å²) in [6.45, 7) is 2.32. The quantitative estimate of drug-likeness (QED) is 0.207. The van der Waals surface area contributed by atoms with Gasteiger partial charge >= 0.3 is 6.09 Å². The Kier molecular flexibility index (Phi) is 6.42. The Bertz CT molecular complexity index is 1720. The molecule has 1 fully saturated rings. The highest BCUT2D eigenvalue weighted by atomic mass is 19.1. The molecule has 1 aliphatic carbocycles. The highest BCUT2D eigenvalue weighted by Gasteiger charge is 2.51. The molecule has 0 atom stereocenters. The highest BCUT2D eigenvalue weighted by Crippen LogP contribution is 2.45. The number of H-pyrrole nitrogens is 1. The Morgan fingerprint density at radius 3 is 2.55 bits per heavy atom. The van der Waals surface area contributed by atoms with E-state index in [4.69, 9.17) is 14.2 Å². The fourth-order valence-electron chi connectivity index (χ4n) is 5.03. The van der Waals surface area contributed by atoms with Gasteiger partial charge in [-0.2, -0.15) is 0 Å². The van der Waals surface area contributed by atoms with Gasteiger partial charge in [0, 0.05) is 40.8 Å². The van der Waals surface area contributed by atoms with Crippen molar-refractivity contribution in [2.45, 2.75) is 31.8 Å². The molecule has 3 aromatic carbocycles. The maximum Gasteiger partial charge on any atom is 0.408 e. The molecule has 204 valence electrons. The summed E-state index contributed by atoms with van der Waals surface area (Å²) in [5.41, 5.74) is 2.42. The second-order valence-corrected chi connectivity index (χ2v) is 10.1. The third kappa shape index (κ3) is 4.75. The number of nitrogens with zero attached hydrogens (tertiary/aromatic N) is 2. The van der Waals surface area contributed by atoms with E-state index in [0.717, 1.165) is 11.3 Å². The Morgan fingerprint density at radius 1 is 1.02 bits per heavy atom. The van der Waals surface area contributed by atoms with Gasteiger partial charge in [0.1, 0.15) is 12.4 Å². The van der Waals surface area contributed by atoms with Crippen LogP contribution in [0.1, 0.15) is 24.1 Å². The SMILES string of the molecule is COc1cc2c(Oc3ccc4[nH]c(C)cc4c3F)ccnc2cc1OCC1(N(Cc2ccccc2)C(=O)O)CC1. The summed E-state index contributed by atoms with van der Waals surface area (Å²) >= 11 is 0. The second-order valence-electron chi connectivity index (χ2n) is 10.1. The fourth-order valence-corrected chi connectivity index (χ4v) is 5.03. The van der Waals surface area contributed by atoms with E-state index in [2.05, 4.69) is 9.97 Å². The van der Waals surface area contributed by atoms with E-state index in [9.17, 15) is 9.90 Å². The van der Waals surface area contributed by atoms with Crippen molar-refractivity contribution in [3.8, 4) is 23.0 Å². The molecule has 2 heterocycles. The molecule has 9 heteroatoms. The van der Waals surface area contributed by atoms with E-state index in [1.807, 2.05) is 37.3 Å². The summed E-state index contributed by atoms with van der Waals surface area (Å²) in [5.74, 6) is 0.932. The molecule has 40 heavy (non-hydrogen) atoms. The number of rotatable bonds is 9. The minimum absolute atomic E-state index is 0.0983. The van der Waals surface area contributed by atoms with Crippen LogP contribution in [0.25, 0.3) is 21.8 Å². The van der Waals surface area contributed by atoms with Crippen molar-refractivity contribution in [1.29, 1.82) is 0 Å². The number of pyridine rings is 1. The van der Waals surface area contributed by atoms with Gasteiger partial charge in [-0.15, -0.1) is 0 Å². The molecule has 8 nitrogen and oxygen atoms in total. The van der Waals surface area contributed by atoms with Crippen LogP contribution in [0.15, 0.2) is 72.9 Å². The number of hydrogen-bond acceptors (Lipinski definition) is 5. The van der Waals surface area contributed by atoms with Crippen LogP contribution in [0.2, 0.25) is 0 Å². The average Bonchev–Trinajstić information content (AvgIpc) is 3.64. The van der Waals surface area contributed by atoms with Crippen molar-refractivity contribution < 1.29 is 28.5 Å². The van der Waals surface area contributed by atoms with Crippen molar-refractivity contribution in [1.82, 2.24) is 14.9 Å². The summed E-state index contributed by atoms with van der Waals surface area (Å²) in [5, 5.41) is 11.0. The minimum Gasteiger partial charge on any atom is -0.493 e.